The highest BCUT2D eigenvalue weighted by molar-refractivity contribution is 6.00. The second-order valence-electron chi connectivity index (χ2n) is 9.33. The summed E-state index contributed by atoms with van der Waals surface area (Å²) in [6.45, 7) is 1.73. The van der Waals surface area contributed by atoms with Crippen molar-refractivity contribution in [3.8, 4) is 0 Å². The zero-order valence-corrected chi connectivity index (χ0v) is 19.1. The van der Waals surface area contributed by atoms with E-state index in [-0.39, 0.29) is 29.1 Å². The Kier molecular flexibility index (Phi) is 5.51. The summed E-state index contributed by atoms with van der Waals surface area (Å²) in [5.74, 6) is 0.544. The third-order valence-corrected chi connectivity index (χ3v) is 6.89. The number of rotatable bonds is 6. The van der Waals surface area contributed by atoms with Crippen molar-refractivity contribution in [3.05, 3.63) is 46.5 Å². The Balaban J connectivity index is 1.46. The van der Waals surface area contributed by atoms with Crippen LogP contribution in [0, 0.1) is 0 Å². The first kappa shape index (κ1) is 22.3. The number of fused-ring (bicyclic) bond motifs is 1. The van der Waals surface area contributed by atoms with E-state index in [9.17, 15) is 19.1 Å². The minimum atomic E-state index is -0.954. The Labute approximate surface area is 195 Å². The highest BCUT2D eigenvalue weighted by Crippen LogP contribution is 2.34. The number of halogens is 1. The highest BCUT2D eigenvalue weighted by Gasteiger charge is 2.38. The van der Waals surface area contributed by atoms with Crippen molar-refractivity contribution in [3.63, 3.8) is 0 Å². The molecule has 3 aromatic heterocycles. The number of hydrogen-bond donors (Lipinski definition) is 4. The smallest absolute Gasteiger partial charge is 0.274 e. The Morgan fingerprint density at radius 2 is 2.15 bits per heavy atom. The van der Waals surface area contributed by atoms with Crippen molar-refractivity contribution in [2.24, 2.45) is 0 Å². The molecule has 4 N–H and O–H groups in total. The third-order valence-electron chi connectivity index (χ3n) is 6.89. The summed E-state index contributed by atoms with van der Waals surface area (Å²) in [6.07, 6.45) is 5.07. The number of nitrogens with one attached hydrogen (secondary N) is 3. The van der Waals surface area contributed by atoms with Crippen molar-refractivity contribution in [1.82, 2.24) is 24.5 Å². The fraction of sp³-hybridized carbons (Fsp3) is 0.478. The van der Waals surface area contributed by atoms with Crippen LogP contribution in [0.4, 0.5) is 21.7 Å². The largest absolute Gasteiger partial charge is 0.388 e. The van der Waals surface area contributed by atoms with E-state index in [0.717, 1.165) is 6.42 Å². The molecule has 3 heterocycles. The van der Waals surface area contributed by atoms with Crippen LogP contribution in [-0.2, 0) is 0 Å². The SMILES string of the molecule is CNc1cc(Nc2cccn([C@H]3C[C@H](F)C3)c2=O)nc2c(C(=O)NC3CCC[C@]3(C)O)cnn12. The molecule has 0 saturated heterocycles. The van der Waals surface area contributed by atoms with Gasteiger partial charge in [0.25, 0.3) is 11.5 Å². The third kappa shape index (κ3) is 3.89. The van der Waals surface area contributed by atoms with Gasteiger partial charge in [-0.1, -0.05) is 0 Å². The molecule has 5 rings (SSSR count). The van der Waals surface area contributed by atoms with Crippen molar-refractivity contribution >= 4 is 28.9 Å². The molecule has 1 amide bonds. The van der Waals surface area contributed by atoms with Crippen LogP contribution in [-0.4, -0.2) is 55.0 Å². The molecule has 180 valence electrons. The van der Waals surface area contributed by atoms with Gasteiger partial charge in [0.1, 0.15) is 29.1 Å². The predicted octanol–water partition coefficient (Wildman–Crippen LogP) is 2.38. The molecule has 2 fully saturated rings. The van der Waals surface area contributed by atoms with Gasteiger partial charge >= 0.3 is 0 Å². The molecule has 2 aliphatic carbocycles. The van der Waals surface area contributed by atoms with Crippen LogP contribution in [0.2, 0.25) is 0 Å². The first-order valence-corrected chi connectivity index (χ1v) is 11.5. The molecule has 0 radical (unpaired) electrons. The molecule has 2 saturated carbocycles. The van der Waals surface area contributed by atoms with Crippen molar-refractivity contribution in [2.75, 3.05) is 17.7 Å². The fourth-order valence-corrected chi connectivity index (χ4v) is 4.76. The van der Waals surface area contributed by atoms with Gasteiger partial charge in [-0.05, 0) is 51.2 Å². The maximum atomic E-state index is 13.3. The normalized spacial score (nSPS) is 26.3. The molecule has 10 nitrogen and oxygen atoms in total. The summed E-state index contributed by atoms with van der Waals surface area (Å²) in [5.41, 5.74) is -0.347. The summed E-state index contributed by atoms with van der Waals surface area (Å²) >= 11 is 0. The van der Waals surface area contributed by atoms with Crippen LogP contribution >= 0.6 is 0 Å². The van der Waals surface area contributed by atoms with E-state index < -0.39 is 11.8 Å². The van der Waals surface area contributed by atoms with Crippen LogP contribution in [0.3, 0.4) is 0 Å². The minimum absolute atomic E-state index is 0.148. The molecule has 34 heavy (non-hydrogen) atoms. The number of aliphatic hydroxyl groups is 1. The van der Waals surface area contributed by atoms with Gasteiger partial charge in [-0.2, -0.15) is 9.61 Å². The summed E-state index contributed by atoms with van der Waals surface area (Å²) in [6, 6.07) is 4.56. The first-order valence-electron chi connectivity index (χ1n) is 11.5. The van der Waals surface area contributed by atoms with Gasteiger partial charge in [-0.15, -0.1) is 0 Å². The van der Waals surface area contributed by atoms with E-state index in [4.69, 9.17) is 0 Å². The van der Waals surface area contributed by atoms with Crippen molar-refractivity contribution in [1.29, 1.82) is 0 Å². The average molecular weight is 470 g/mol. The van der Waals surface area contributed by atoms with Gasteiger partial charge in [0.2, 0.25) is 0 Å². The molecule has 0 aromatic carbocycles. The molecule has 0 bridgehead atoms. The van der Waals surface area contributed by atoms with E-state index in [2.05, 4.69) is 26.0 Å². The van der Waals surface area contributed by atoms with Crippen LogP contribution in [0.25, 0.3) is 5.65 Å². The lowest BCUT2D eigenvalue weighted by Crippen LogP contribution is -2.47. The summed E-state index contributed by atoms with van der Waals surface area (Å²) in [7, 11) is 1.72. The molecular formula is C23H28FN7O3. The van der Waals surface area contributed by atoms with Gasteiger partial charge in [0, 0.05) is 25.4 Å². The minimum Gasteiger partial charge on any atom is -0.388 e. The van der Waals surface area contributed by atoms with Gasteiger partial charge in [-0.3, -0.25) is 9.59 Å². The Morgan fingerprint density at radius 3 is 2.82 bits per heavy atom. The van der Waals surface area contributed by atoms with Gasteiger partial charge in [0.15, 0.2) is 5.65 Å². The maximum Gasteiger partial charge on any atom is 0.274 e. The van der Waals surface area contributed by atoms with E-state index in [0.29, 0.717) is 48.7 Å². The number of pyridine rings is 1. The Bertz CT molecular complexity index is 1300. The van der Waals surface area contributed by atoms with Crippen LogP contribution < -0.4 is 21.5 Å². The lowest BCUT2D eigenvalue weighted by molar-refractivity contribution is 0.0368. The molecule has 1 unspecified atom stereocenters. The van der Waals surface area contributed by atoms with Gasteiger partial charge < -0.3 is 25.6 Å². The fourth-order valence-electron chi connectivity index (χ4n) is 4.76. The molecule has 3 aromatic rings. The summed E-state index contributed by atoms with van der Waals surface area (Å²) < 4.78 is 16.4. The topological polar surface area (TPSA) is 126 Å². The Morgan fingerprint density at radius 1 is 1.35 bits per heavy atom. The van der Waals surface area contributed by atoms with Crippen molar-refractivity contribution < 1.29 is 14.3 Å². The Hall–Kier alpha value is -3.47. The average Bonchev–Trinajstić information content (AvgIpc) is 3.35. The lowest BCUT2D eigenvalue weighted by atomic mass is 9.90. The second-order valence-corrected chi connectivity index (χ2v) is 9.33. The zero-order valence-electron chi connectivity index (χ0n) is 19.1. The van der Waals surface area contributed by atoms with Crippen LogP contribution in [0.1, 0.15) is 55.4 Å². The zero-order chi connectivity index (χ0) is 24.0. The number of anilines is 3. The number of aromatic nitrogens is 4. The molecule has 11 heteroatoms. The van der Waals surface area contributed by atoms with Crippen LogP contribution in [0.5, 0.6) is 0 Å². The maximum absolute atomic E-state index is 13.3. The predicted molar refractivity (Wildman–Crippen MR) is 125 cm³/mol. The number of carbonyl (C=O) groups excluding carboxylic acids is 1. The van der Waals surface area contributed by atoms with E-state index in [1.807, 2.05) is 0 Å². The molecule has 2 atom stereocenters. The van der Waals surface area contributed by atoms with E-state index >= 15 is 0 Å². The van der Waals surface area contributed by atoms with Gasteiger partial charge in [0.05, 0.1) is 17.8 Å². The van der Waals surface area contributed by atoms with Crippen LogP contribution in [0.15, 0.2) is 35.4 Å². The molecule has 2 aliphatic rings. The summed E-state index contributed by atoms with van der Waals surface area (Å²) in [5, 5.41) is 23.8. The highest BCUT2D eigenvalue weighted by atomic mass is 19.1. The second kappa shape index (κ2) is 8.39. The van der Waals surface area contributed by atoms with E-state index in [1.54, 1.807) is 42.9 Å². The van der Waals surface area contributed by atoms with E-state index in [1.165, 1.54) is 10.7 Å². The first-order chi connectivity index (χ1) is 16.3. The monoisotopic (exact) mass is 469 g/mol. The number of hydrogen-bond acceptors (Lipinski definition) is 7. The standard InChI is InChI=1S/C23H28FN7O3/c1-23(34)7-3-6-17(23)28-21(32)15-12-26-31-19(25-2)11-18(29-20(15)31)27-16-5-4-8-30(22(16)33)14-9-13(24)10-14/h4-5,8,11-14,17,25,34H,3,6-7,9-10H2,1-2H3,(H,27,29)(H,28,32)/t13-,14-,17?,23-/m0/s1. The lowest BCUT2D eigenvalue weighted by Gasteiger charge is -2.31. The van der Waals surface area contributed by atoms with Gasteiger partial charge in [-0.25, -0.2) is 9.37 Å². The molecular weight excluding hydrogens is 441 g/mol. The number of carbonyl (C=O) groups is 1. The quantitative estimate of drug-likeness (QED) is 0.437. The molecule has 0 spiro atoms. The number of alkyl halides is 1. The molecule has 0 aliphatic heterocycles. The number of nitrogens with zero attached hydrogens (tertiary/aromatic N) is 4. The van der Waals surface area contributed by atoms with Crippen molar-refractivity contribution in [2.45, 2.75) is 62.9 Å². The summed E-state index contributed by atoms with van der Waals surface area (Å²) in [4.78, 5) is 30.5. The number of amides is 1.